The van der Waals surface area contributed by atoms with E-state index in [-0.39, 0.29) is 5.56 Å². The molecule has 6 heteroatoms. The number of nitrogens with zero attached hydrogens (tertiary/aromatic N) is 1. The second kappa shape index (κ2) is 5.49. The summed E-state index contributed by atoms with van der Waals surface area (Å²) in [6, 6.07) is 8.93. The van der Waals surface area contributed by atoms with Gasteiger partial charge in [0.05, 0.1) is 0 Å². The Morgan fingerprint density at radius 3 is 2.67 bits per heavy atom. The number of halogens is 2. The van der Waals surface area contributed by atoms with Gasteiger partial charge in [0, 0.05) is 20.8 Å². The van der Waals surface area contributed by atoms with Gasteiger partial charge in [0.15, 0.2) is 0 Å². The van der Waals surface area contributed by atoms with Crippen molar-refractivity contribution in [3.05, 3.63) is 51.0 Å². The van der Waals surface area contributed by atoms with Crippen molar-refractivity contribution in [3.8, 4) is 0 Å². The molecule has 1 aromatic carbocycles. The molecule has 2 N–H and O–H groups in total. The van der Waals surface area contributed by atoms with Gasteiger partial charge in [-0.25, -0.2) is 9.78 Å². The molecular formula is C12H8Br2N2O2. The summed E-state index contributed by atoms with van der Waals surface area (Å²) in [5, 5.41) is 12.1. The number of nitrogens with one attached hydrogen (secondary N) is 1. The van der Waals surface area contributed by atoms with E-state index in [0.29, 0.717) is 10.3 Å². The predicted molar refractivity (Wildman–Crippen MR) is 76.3 cm³/mol. The second-order valence-corrected chi connectivity index (χ2v) is 5.32. The minimum Gasteiger partial charge on any atom is -0.478 e. The highest BCUT2D eigenvalue weighted by molar-refractivity contribution is 9.10. The molecule has 0 unspecified atom stereocenters. The summed E-state index contributed by atoms with van der Waals surface area (Å²) in [6.07, 6.45) is 1.55. The fourth-order valence-electron chi connectivity index (χ4n) is 1.40. The molecule has 0 aliphatic carbocycles. The first-order valence-corrected chi connectivity index (χ1v) is 6.56. The molecule has 2 rings (SSSR count). The topological polar surface area (TPSA) is 62.2 Å². The Hall–Kier alpha value is -1.40. The summed E-state index contributed by atoms with van der Waals surface area (Å²) in [5.74, 6) is -0.718. The van der Waals surface area contributed by atoms with E-state index in [2.05, 4.69) is 42.2 Å². The number of carbonyl (C=O) groups is 1. The number of anilines is 2. The Morgan fingerprint density at radius 2 is 2.00 bits per heavy atom. The van der Waals surface area contributed by atoms with Crippen molar-refractivity contribution >= 4 is 49.3 Å². The van der Waals surface area contributed by atoms with Gasteiger partial charge in [0.1, 0.15) is 11.4 Å². The largest absolute Gasteiger partial charge is 0.478 e. The number of hydrogen-bond acceptors (Lipinski definition) is 3. The van der Waals surface area contributed by atoms with Gasteiger partial charge < -0.3 is 10.4 Å². The fraction of sp³-hybridized carbons (Fsp3) is 0. The summed E-state index contributed by atoms with van der Waals surface area (Å²) < 4.78 is 1.53. The molecule has 0 aliphatic heterocycles. The molecular weight excluding hydrogens is 364 g/mol. The third kappa shape index (κ3) is 3.08. The van der Waals surface area contributed by atoms with Gasteiger partial charge in [-0.05, 0) is 40.2 Å². The normalized spacial score (nSPS) is 10.1. The molecule has 0 saturated carbocycles. The maximum absolute atomic E-state index is 11.1. The van der Waals surface area contributed by atoms with Crippen molar-refractivity contribution in [1.29, 1.82) is 0 Å². The van der Waals surface area contributed by atoms with E-state index < -0.39 is 5.97 Å². The Labute approximate surface area is 120 Å². The third-order valence-corrected chi connectivity index (χ3v) is 3.10. The fourth-order valence-corrected chi connectivity index (χ4v) is 2.14. The Kier molecular flexibility index (Phi) is 3.98. The maximum atomic E-state index is 11.1. The first kappa shape index (κ1) is 13.0. The number of aromatic nitrogens is 1. The van der Waals surface area contributed by atoms with Crippen molar-refractivity contribution in [2.24, 2.45) is 0 Å². The van der Waals surface area contributed by atoms with Crippen LogP contribution in [0.1, 0.15) is 10.4 Å². The lowest BCUT2D eigenvalue weighted by atomic mass is 10.2. The standard InChI is InChI=1S/C12H8Br2N2O2/c13-7-2-1-3-9(4-7)16-11-10(12(17)18)5-8(14)6-15-11/h1-6H,(H,15,16)(H,17,18). The van der Waals surface area contributed by atoms with Crippen molar-refractivity contribution in [2.75, 3.05) is 5.32 Å². The van der Waals surface area contributed by atoms with Crippen molar-refractivity contribution < 1.29 is 9.90 Å². The minimum atomic E-state index is -1.03. The molecule has 0 radical (unpaired) electrons. The van der Waals surface area contributed by atoms with Crippen LogP contribution in [0.25, 0.3) is 0 Å². The highest BCUT2D eigenvalue weighted by Crippen LogP contribution is 2.23. The van der Waals surface area contributed by atoms with Crippen LogP contribution < -0.4 is 5.32 Å². The average molecular weight is 372 g/mol. The second-order valence-electron chi connectivity index (χ2n) is 3.49. The van der Waals surface area contributed by atoms with Crippen LogP contribution in [0, 0.1) is 0 Å². The zero-order chi connectivity index (χ0) is 13.1. The van der Waals surface area contributed by atoms with Crippen LogP contribution in [0.5, 0.6) is 0 Å². The molecule has 18 heavy (non-hydrogen) atoms. The smallest absolute Gasteiger partial charge is 0.339 e. The molecule has 1 aromatic heterocycles. The highest BCUT2D eigenvalue weighted by Gasteiger charge is 2.12. The number of benzene rings is 1. The van der Waals surface area contributed by atoms with Crippen LogP contribution >= 0.6 is 31.9 Å². The summed E-state index contributed by atoms with van der Waals surface area (Å²) in [4.78, 5) is 15.2. The van der Waals surface area contributed by atoms with E-state index in [1.165, 1.54) is 6.07 Å². The monoisotopic (exact) mass is 370 g/mol. The van der Waals surface area contributed by atoms with Gasteiger partial charge >= 0.3 is 5.97 Å². The molecule has 4 nitrogen and oxygen atoms in total. The SMILES string of the molecule is O=C(O)c1cc(Br)cnc1Nc1cccc(Br)c1. The Balaban J connectivity index is 2.37. The van der Waals surface area contributed by atoms with Crippen molar-refractivity contribution in [3.63, 3.8) is 0 Å². The lowest BCUT2D eigenvalue weighted by Gasteiger charge is -2.09. The number of pyridine rings is 1. The van der Waals surface area contributed by atoms with Gasteiger partial charge in [-0.3, -0.25) is 0 Å². The number of hydrogen-bond donors (Lipinski definition) is 2. The zero-order valence-corrected chi connectivity index (χ0v) is 12.2. The van der Waals surface area contributed by atoms with E-state index in [9.17, 15) is 4.79 Å². The first-order valence-electron chi connectivity index (χ1n) is 4.97. The third-order valence-electron chi connectivity index (χ3n) is 2.17. The number of aromatic carboxylic acids is 1. The lowest BCUT2D eigenvalue weighted by Crippen LogP contribution is -2.04. The summed E-state index contributed by atoms with van der Waals surface area (Å²) in [5.41, 5.74) is 0.881. The van der Waals surface area contributed by atoms with E-state index in [4.69, 9.17) is 5.11 Å². The molecule has 0 atom stereocenters. The predicted octanol–water partition coefficient (Wildman–Crippen LogP) is 4.05. The molecule has 0 bridgehead atoms. The molecule has 0 aliphatic rings. The molecule has 0 amide bonds. The molecule has 92 valence electrons. The van der Waals surface area contributed by atoms with Crippen LogP contribution in [-0.4, -0.2) is 16.1 Å². The van der Waals surface area contributed by atoms with Crippen LogP contribution in [-0.2, 0) is 0 Å². The van der Waals surface area contributed by atoms with Gasteiger partial charge in [-0.1, -0.05) is 22.0 Å². The molecule has 0 fully saturated rings. The van der Waals surface area contributed by atoms with E-state index in [1.54, 1.807) is 6.20 Å². The van der Waals surface area contributed by atoms with E-state index >= 15 is 0 Å². The molecule has 1 heterocycles. The van der Waals surface area contributed by atoms with Crippen LogP contribution in [0.15, 0.2) is 45.5 Å². The van der Waals surface area contributed by atoms with Gasteiger partial charge in [-0.15, -0.1) is 0 Å². The molecule has 0 spiro atoms. The van der Waals surface area contributed by atoms with Crippen molar-refractivity contribution in [1.82, 2.24) is 4.98 Å². The van der Waals surface area contributed by atoms with E-state index in [0.717, 1.165) is 10.2 Å². The summed E-state index contributed by atoms with van der Waals surface area (Å²) >= 11 is 6.55. The van der Waals surface area contributed by atoms with Gasteiger partial charge in [0.25, 0.3) is 0 Å². The number of carboxylic acids is 1. The lowest BCUT2D eigenvalue weighted by molar-refractivity contribution is 0.0697. The van der Waals surface area contributed by atoms with Crippen LogP contribution in [0.4, 0.5) is 11.5 Å². The van der Waals surface area contributed by atoms with Crippen LogP contribution in [0.2, 0.25) is 0 Å². The minimum absolute atomic E-state index is 0.115. The Morgan fingerprint density at radius 1 is 1.22 bits per heavy atom. The van der Waals surface area contributed by atoms with Crippen molar-refractivity contribution in [2.45, 2.75) is 0 Å². The van der Waals surface area contributed by atoms with Crippen LogP contribution in [0.3, 0.4) is 0 Å². The van der Waals surface area contributed by atoms with E-state index in [1.807, 2.05) is 24.3 Å². The summed E-state index contributed by atoms with van der Waals surface area (Å²) in [7, 11) is 0. The highest BCUT2D eigenvalue weighted by atomic mass is 79.9. The maximum Gasteiger partial charge on any atom is 0.339 e. The number of carboxylic acid groups (broad SMARTS) is 1. The molecule has 0 saturated heterocycles. The average Bonchev–Trinajstić information content (AvgIpc) is 2.31. The first-order chi connectivity index (χ1) is 8.56. The van der Waals surface area contributed by atoms with Gasteiger partial charge in [-0.2, -0.15) is 0 Å². The number of rotatable bonds is 3. The molecule has 2 aromatic rings. The summed E-state index contributed by atoms with van der Waals surface area (Å²) in [6.45, 7) is 0. The Bertz CT molecular complexity index is 602. The zero-order valence-electron chi connectivity index (χ0n) is 9.02. The quantitative estimate of drug-likeness (QED) is 0.854. The van der Waals surface area contributed by atoms with Gasteiger partial charge in [0.2, 0.25) is 0 Å².